The number of nitrogens with one attached hydrogen (secondary N) is 1. The monoisotopic (exact) mass is 435 g/mol. The minimum Gasteiger partial charge on any atom is -0.349 e. The normalized spacial score (nSPS) is 19.4. The van der Waals surface area contributed by atoms with Crippen LogP contribution >= 0.6 is 11.3 Å². The molecule has 0 spiro atoms. The number of piperidine rings is 1. The first-order valence-corrected chi connectivity index (χ1v) is 12.3. The maximum Gasteiger partial charge on any atom is 0.270 e. The number of hydrogen-bond acceptors (Lipinski definition) is 3. The molecule has 1 saturated heterocycles. The highest BCUT2D eigenvalue weighted by atomic mass is 32.1. The van der Waals surface area contributed by atoms with Crippen molar-refractivity contribution in [1.29, 1.82) is 0 Å². The van der Waals surface area contributed by atoms with Crippen LogP contribution in [0.15, 0.2) is 41.8 Å². The fourth-order valence-electron chi connectivity index (χ4n) is 5.20. The quantitative estimate of drug-likeness (QED) is 0.642. The average molecular weight is 436 g/mol. The van der Waals surface area contributed by atoms with Crippen LogP contribution in [0.25, 0.3) is 10.2 Å². The number of nitrogens with zero attached hydrogens (tertiary/aromatic N) is 2. The van der Waals surface area contributed by atoms with Crippen LogP contribution < -0.4 is 5.32 Å². The van der Waals surface area contributed by atoms with Gasteiger partial charge in [-0.05, 0) is 67.7 Å². The number of hydrogen-bond donors (Lipinski definition) is 1. The molecule has 2 aliphatic rings. The molecule has 0 saturated carbocycles. The lowest BCUT2D eigenvalue weighted by atomic mass is 9.87. The fourth-order valence-corrected chi connectivity index (χ4v) is 6.02. The first kappa shape index (κ1) is 20.3. The summed E-state index contributed by atoms with van der Waals surface area (Å²) in [6.45, 7) is 4.14. The number of amides is 2. The zero-order valence-corrected chi connectivity index (χ0v) is 18.8. The Bertz CT molecular complexity index is 1110. The molecule has 162 valence electrons. The lowest BCUT2D eigenvalue weighted by Crippen LogP contribution is -2.44. The fraction of sp³-hybridized carbons (Fsp3) is 0.440. The molecule has 1 aliphatic heterocycles. The van der Waals surface area contributed by atoms with Gasteiger partial charge in [0.2, 0.25) is 5.91 Å². The highest BCUT2D eigenvalue weighted by Crippen LogP contribution is 2.31. The first-order chi connectivity index (χ1) is 15.2. The lowest BCUT2D eigenvalue weighted by Gasteiger charge is -2.33. The van der Waals surface area contributed by atoms with Gasteiger partial charge in [0.05, 0.1) is 16.3 Å². The molecule has 5 nitrogen and oxygen atoms in total. The van der Waals surface area contributed by atoms with Crippen LogP contribution in [-0.4, -0.2) is 34.4 Å². The number of benzene rings is 1. The Balaban J connectivity index is 1.22. The van der Waals surface area contributed by atoms with Gasteiger partial charge in [-0.3, -0.25) is 9.59 Å². The second kappa shape index (κ2) is 8.50. The van der Waals surface area contributed by atoms with Gasteiger partial charge in [0.1, 0.15) is 5.69 Å². The van der Waals surface area contributed by atoms with Crippen molar-refractivity contribution in [2.45, 2.75) is 51.6 Å². The molecule has 0 radical (unpaired) electrons. The summed E-state index contributed by atoms with van der Waals surface area (Å²) < 4.78 is 3.26. The number of aryl methyl sites for hydroxylation is 2. The highest BCUT2D eigenvalue weighted by Gasteiger charge is 2.31. The summed E-state index contributed by atoms with van der Waals surface area (Å²) in [5.74, 6) is 0.219. The van der Waals surface area contributed by atoms with E-state index in [2.05, 4.69) is 52.5 Å². The van der Waals surface area contributed by atoms with Gasteiger partial charge in [0.15, 0.2) is 0 Å². The summed E-state index contributed by atoms with van der Waals surface area (Å²) in [5.41, 5.74) is 4.54. The number of thiophene rings is 1. The number of carbonyl (C=O) groups excluding carboxylic acids is 2. The van der Waals surface area contributed by atoms with Crippen LogP contribution in [0.2, 0.25) is 0 Å². The van der Waals surface area contributed by atoms with Crippen molar-refractivity contribution in [3.05, 3.63) is 58.6 Å². The predicted molar refractivity (Wildman–Crippen MR) is 124 cm³/mol. The van der Waals surface area contributed by atoms with Crippen LogP contribution in [0, 0.1) is 5.92 Å². The van der Waals surface area contributed by atoms with E-state index in [1.807, 2.05) is 11.0 Å². The Morgan fingerprint density at radius 1 is 1.13 bits per heavy atom. The zero-order chi connectivity index (χ0) is 21.4. The third-order valence-corrected chi connectivity index (χ3v) is 7.75. The van der Waals surface area contributed by atoms with Gasteiger partial charge in [-0.15, -0.1) is 11.3 Å². The average Bonchev–Trinajstić information content (AvgIpc) is 3.40. The number of rotatable bonds is 4. The van der Waals surface area contributed by atoms with E-state index in [1.165, 1.54) is 11.1 Å². The van der Waals surface area contributed by atoms with Crippen molar-refractivity contribution in [2.75, 3.05) is 13.1 Å². The Morgan fingerprint density at radius 3 is 2.74 bits per heavy atom. The number of likely N-dealkylation sites (tertiary alicyclic amines) is 1. The van der Waals surface area contributed by atoms with Crippen LogP contribution in [0.5, 0.6) is 0 Å². The Labute approximate surface area is 187 Å². The molecular weight excluding hydrogens is 406 g/mol. The molecule has 2 amide bonds. The number of carbonyl (C=O) groups is 2. The first-order valence-electron chi connectivity index (χ1n) is 11.4. The SMILES string of the molecule is CCn1c(C(=O)N2CCC(C(=O)N[C@@H]3CCCc4ccccc43)CC2)cc2sccc21. The second-order valence-electron chi connectivity index (χ2n) is 8.66. The standard InChI is InChI=1S/C25H29N3O2S/c1-2-28-21-12-15-31-23(21)16-22(28)25(30)27-13-10-18(11-14-27)24(29)26-20-9-5-7-17-6-3-4-8-19(17)20/h3-4,6,8,12,15-16,18,20H,2,5,7,9-11,13-14H2,1H3,(H,26,29)/t20-/m1/s1. The van der Waals surface area contributed by atoms with E-state index >= 15 is 0 Å². The van der Waals surface area contributed by atoms with Gasteiger partial charge in [0, 0.05) is 25.6 Å². The minimum absolute atomic E-state index is 0.0143. The molecule has 2 aromatic heterocycles. The van der Waals surface area contributed by atoms with Crippen molar-refractivity contribution in [2.24, 2.45) is 5.92 Å². The van der Waals surface area contributed by atoms with Crippen molar-refractivity contribution in [1.82, 2.24) is 14.8 Å². The van der Waals surface area contributed by atoms with E-state index in [0.29, 0.717) is 13.1 Å². The summed E-state index contributed by atoms with van der Waals surface area (Å²) in [4.78, 5) is 28.1. The molecule has 3 aromatic rings. The number of aromatic nitrogens is 1. The van der Waals surface area contributed by atoms with Crippen LogP contribution in [0.3, 0.4) is 0 Å². The van der Waals surface area contributed by atoms with E-state index < -0.39 is 0 Å². The van der Waals surface area contributed by atoms with Gasteiger partial charge in [-0.1, -0.05) is 24.3 Å². The van der Waals surface area contributed by atoms with Crippen LogP contribution in [-0.2, 0) is 17.8 Å². The molecule has 1 aromatic carbocycles. The maximum atomic E-state index is 13.2. The molecule has 31 heavy (non-hydrogen) atoms. The predicted octanol–water partition coefficient (Wildman–Crippen LogP) is 4.77. The van der Waals surface area contributed by atoms with Gasteiger partial charge in [-0.2, -0.15) is 0 Å². The Kier molecular flexibility index (Phi) is 5.57. The van der Waals surface area contributed by atoms with Gasteiger partial charge in [0.25, 0.3) is 5.91 Å². The molecule has 6 heteroatoms. The molecule has 3 heterocycles. The summed E-state index contributed by atoms with van der Waals surface area (Å²) in [6.07, 6.45) is 4.68. The molecule has 0 unspecified atom stereocenters. The topological polar surface area (TPSA) is 54.3 Å². The van der Waals surface area contributed by atoms with Gasteiger partial charge < -0.3 is 14.8 Å². The van der Waals surface area contributed by atoms with E-state index in [0.717, 1.165) is 54.6 Å². The molecular formula is C25H29N3O2S. The summed E-state index contributed by atoms with van der Waals surface area (Å²) in [5, 5.41) is 5.38. The molecule has 1 atom stereocenters. The highest BCUT2D eigenvalue weighted by molar-refractivity contribution is 7.17. The summed E-state index contributed by atoms with van der Waals surface area (Å²) >= 11 is 1.67. The molecule has 0 bridgehead atoms. The third kappa shape index (κ3) is 3.78. The molecule has 1 aliphatic carbocycles. The second-order valence-corrected chi connectivity index (χ2v) is 9.61. The number of fused-ring (bicyclic) bond motifs is 2. The Morgan fingerprint density at radius 2 is 1.94 bits per heavy atom. The summed E-state index contributed by atoms with van der Waals surface area (Å²) in [6, 6.07) is 12.7. The van der Waals surface area contributed by atoms with Crippen molar-refractivity contribution >= 4 is 33.4 Å². The summed E-state index contributed by atoms with van der Waals surface area (Å²) in [7, 11) is 0. The molecule has 5 rings (SSSR count). The van der Waals surface area contributed by atoms with E-state index in [4.69, 9.17) is 0 Å². The van der Waals surface area contributed by atoms with Crippen molar-refractivity contribution < 1.29 is 9.59 Å². The van der Waals surface area contributed by atoms with Gasteiger partial charge >= 0.3 is 0 Å². The van der Waals surface area contributed by atoms with E-state index in [-0.39, 0.29) is 23.8 Å². The van der Waals surface area contributed by atoms with E-state index in [1.54, 1.807) is 11.3 Å². The zero-order valence-electron chi connectivity index (χ0n) is 18.0. The van der Waals surface area contributed by atoms with Crippen LogP contribution in [0.1, 0.15) is 60.3 Å². The van der Waals surface area contributed by atoms with E-state index in [9.17, 15) is 9.59 Å². The van der Waals surface area contributed by atoms with Gasteiger partial charge in [-0.25, -0.2) is 0 Å². The smallest absolute Gasteiger partial charge is 0.270 e. The largest absolute Gasteiger partial charge is 0.349 e. The van der Waals surface area contributed by atoms with Crippen molar-refractivity contribution in [3.63, 3.8) is 0 Å². The molecule has 1 N–H and O–H groups in total. The lowest BCUT2D eigenvalue weighted by molar-refractivity contribution is -0.127. The molecule has 1 fully saturated rings. The van der Waals surface area contributed by atoms with Crippen molar-refractivity contribution in [3.8, 4) is 0 Å². The van der Waals surface area contributed by atoms with Crippen LogP contribution in [0.4, 0.5) is 0 Å². The minimum atomic E-state index is -0.0143. The maximum absolute atomic E-state index is 13.2. The third-order valence-electron chi connectivity index (χ3n) is 6.90. The Hall–Kier alpha value is -2.60.